The molecule has 2 saturated heterocycles. The van der Waals surface area contributed by atoms with Gasteiger partial charge in [0.2, 0.25) is 5.91 Å². The fourth-order valence-electron chi connectivity index (χ4n) is 4.10. The van der Waals surface area contributed by atoms with Crippen molar-refractivity contribution in [2.75, 3.05) is 48.4 Å². The lowest BCUT2D eigenvalue weighted by atomic mass is 10.1. The zero-order valence-electron chi connectivity index (χ0n) is 18.8. The lowest BCUT2D eigenvalue weighted by molar-refractivity contribution is -0.125. The molecule has 0 aliphatic carbocycles. The first kappa shape index (κ1) is 24.0. The molecule has 10 heteroatoms. The van der Waals surface area contributed by atoms with E-state index >= 15 is 0 Å². The van der Waals surface area contributed by atoms with E-state index in [1.807, 2.05) is 6.92 Å². The van der Waals surface area contributed by atoms with E-state index in [0.717, 1.165) is 5.69 Å². The molecule has 4 rings (SSSR count). The highest BCUT2D eigenvalue weighted by atomic mass is 35.5. The molecule has 2 atom stereocenters. The van der Waals surface area contributed by atoms with Crippen molar-refractivity contribution in [1.82, 2.24) is 4.90 Å². The largest absolute Gasteiger partial charge is 0.377 e. The maximum Gasteiger partial charge on any atom is 0.322 e. The minimum absolute atomic E-state index is 0.0646. The minimum Gasteiger partial charge on any atom is -0.377 e. The van der Waals surface area contributed by atoms with Crippen LogP contribution in [-0.2, 0) is 19.1 Å². The number of urea groups is 1. The normalized spacial score (nSPS) is 20.4. The smallest absolute Gasteiger partial charge is 0.322 e. The summed E-state index contributed by atoms with van der Waals surface area (Å²) in [6, 6.07) is 12.7. The van der Waals surface area contributed by atoms with Crippen molar-refractivity contribution in [3.05, 3.63) is 53.6 Å². The summed E-state index contributed by atoms with van der Waals surface area (Å²) in [6.07, 6.45) is 0.167. The molecule has 0 saturated carbocycles. The van der Waals surface area contributed by atoms with Crippen molar-refractivity contribution in [3.8, 4) is 0 Å². The molecule has 9 nitrogen and oxygen atoms in total. The monoisotopic (exact) mass is 486 g/mol. The molecule has 2 aromatic carbocycles. The molecule has 0 aromatic heterocycles. The molecule has 4 amide bonds. The van der Waals surface area contributed by atoms with Crippen molar-refractivity contribution >= 4 is 46.5 Å². The quantitative estimate of drug-likeness (QED) is 0.652. The van der Waals surface area contributed by atoms with E-state index in [0.29, 0.717) is 49.1 Å². The first-order chi connectivity index (χ1) is 16.4. The van der Waals surface area contributed by atoms with Crippen molar-refractivity contribution in [2.45, 2.75) is 25.5 Å². The summed E-state index contributed by atoms with van der Waals surface area (Å²) in [5.74, 6) is -0.401. The Morgan fingerprint density at radius 3 is 2.44 bits per heavy atom. The highest BCUT2D eigenvalue weighted by molar-refractivity contribution is 6.30. The van der Waals surface area contributed by atoms with Crippen molar-refractivity contribution in [2.24, 2.45) is 0 Å². The number of morpholine rings is 1. The van der Waals surface area contributed by atoms with E-state index in [4.69, 9.17) is 21.1 Å². The third kappa shape index (κ3) is 5.67. The number of hydrogen-bond donors (Lipinski definition) is 2. The molecule has 0 bridgehead atoms. The Balaban J connectivity index is 1.43. The van der Waals surface area contributed by atoms with Gasteiger partial charge in [0.25, 0.3) is 5.91 Å². The molecular weight excluding hydrogens is 460 g/mol. The number of nitrogens with one attached hydrogen (secondary N) is 2. The second-order valence-corrected chi connectivity index (χ2v) is 8.49. The summed E-state index contributed by atoms with van der Waals surface area (Å²) in [5, 5.41) is 6.26. The van der Waals surface area contributed by atoms with Crippen LogP contribution in [-0.4, -0.2) is 67.8 Å². The van der Waals surface area contributed by atoms with Crippen LogP contribution in [0.25, 0.3) is 0 Å². The number of amides is 4. The van der Waals surface area contributed by atoms with Crippen LogP contribution in [0, 0.1) is 0 Å². The maximum atomic E-state index is 13.1. The Kier molecular flexibility index (Phi) is 7.66. The molecule has 34 heavy (non-hydrogen) atoms. The molecule has 2 N–H and O–H groups in total. The van der Waals surface area contributed by atoms with E-state index < -0.39 is 6.04 Å². The van der Waals surface area contributed by atoms with Crippen molar-refractivity contribution in [1.29, 1.82) is 0 Å². The van der Waals surface area contributed by atoms with E-state index in [1.54, 1.807) is 53.4 Å². The van der Waals surface area contributed by atoms with Gasteiger partial charge in [0, 0.05) is 48.2 Å². The summed E-state index contributed by atoms with van der Waals surface area (Å²) in [5.41, 5.74) is 1.90. The summed E-state index contributed by atoms with van der Waals surface area (Å²) in [7, 11) is 0. The number of rotatable bonds is 6. The third-order valence-electron chi connectivity index (χ3n) is 5.76. The predicted molar refractivity (Wildman–Crippen MR) is 129 cm³/mol. The summed E-state index contributed by atoms with van der Waals surface area (Å²) >= 11 is 5.91. The van der Waals surface area contributed by atoms with Crippen LogP contribution >= 0.6 is 11.6 Å². The fraction of sp³-hybridized carbons (Fsp3) is 0.375. The van der Waals surface area contributed by atoms with Crippen molar-refractivity contribution in [3.63, 3.8) is 0 Å². The molecule has 0 unspecified atom stereocenters. The Labute approximate surface area is 202 Å². The predicted octanol–water partition coefficient (Wildman–Crippen LogP) is 3.35. The van der Waals surface area contributed by atoms with Gasteiger partial charge in [-0.2, -0.15) is 0 Å². The van der Waals surface area contributed by atoms with Gasteiger partial charge in [-0.15, -0.1) is 0 Å². The van der Waals surface area contributed by atoms with Crippen LogP contribution in [0.5, 0.6) is 0 Å². The lowest BCUT2D eigenvalue weighted by Crippen LogP contribution is -2.45. The topological polar surface area (TPSA) is 100 Å². The first-order valence-corrected chi connectivity index (χ1v) is 11.6. The Morgan fingerprint density at radius 2 is 1.76 bits per heavy atom. The molecule has 2 heterocycles. The molecule has 0 spiro atoms. The van der Waals surface area contributed by atoms with Crippen molar-refractivity contribution < 1.29 is 23.9 Å². The highest BCUT2D eigenvalue weighted by Gasteiger charge is 2.40. The van der Waals surface area contributed by atoms with Gasteiger partial charge in [-0.05, 0) is 55.5 Å². The zero-order chi connectivity index (χ0) is 24.1. The number of benzene rings is 2. The first-order valence-electron chi connectivity index (χ1n) is 11.2. The van der Waals surface area contributed by atoms with Gasteiger partial charge < -0.3 is 29.9 Å². The van der Waals surface area contributed by atoms with Gasteiger partial charge in [-0.25, -0.2) is 4.79 Å². The van der Waals surface area contributed by atoms with Gasteiger partial charge in [-0.3, -0.25) is 9.59 Å². The van der Waals surface area contributed by atoms with E-state index in [-0.39, 0.29) is 30.6 Å². The average molecular weight is 487 g/mol. The number of hydrogen-bond acceptors (Lipinski definition) is 5. The van der Waals surface area contributed by atoms with Gasteiger partial charge in [0.15, 0.2) is 0 Å². The van der Waals surface area contributed by atoms with Gasteiger partial charge in [-0.1, -0.05) is 11.6 Å². The number of anilines is 3. The summed E-state index contributed by atoms with van der Waals surface area (Å²) in [6.45, 7) is 3.72. The maximum absolute atomic E-state index is 13.1. The van der Waals surface area contributed by atoms with Crippen LogP contribution in [0.4, 0.5) is 21.9 Å². The average Bonchev–Trinajstić information content (AvgIpc) is 3.26. The molecular formula is C24H27ClN4O5. The van der Waals surface area contributed by atoms with Crippen LogP contribution in [0.15, 0.2) is 48.5 Å². The number of carbonyl (C=O) groups is 3. The Hall–Kier alpha value is -3.14. The number of carbonyl (C=O) groups excluding carboxylic acids is 3. The van der Waals surface area contributed by atoms with E-state index in [2.05, 4.69) is 10.6 Å². The van der Waals surface area contributed by atoms with Gasteiger partial charge in [0.05, 0.1) is 12.7 Å². The molecule has 2 fully saturated rings. The number of nitrogens with zero attached hydrogens (tertiary/aromatic N) is 2. The second-order valence-electron chi connectivity index (χ2n) is 8.05. The van der Waals surface area contributed by atoms with E-state index in [9.17, 15) is 14.4 Å². The van der Waals surface area contributed by atoms with Crippen LogP contribution in [0.3, 0.4) is 0 Å². The standard InChI is InChI=1S/C24H27ClN4O5/c1-2-34-20-13-21(29(14-20)24(32)27-18-5-3-16(25)4-6-18)23(31)26-17-7-9-19(10-8-17)28-11-12-33-15-22(28)30/h3-10,20-21H,2,11-15H2,1H3,(H,26,31)(H,27,32)/t20-,21+/m1/s1. The number of halogens is 1. The third-order valence-corrected chi connectivity index (χ3v) is 6.01. The zero-order valence-corrected chi connectivity index (χ0v) is 19.6. The minimum atomic E-state index is -0.690. The SMILES string of the molecule is CCO[C@@H]1C[C@@H](C(=O)Nc2ccc(N3CCOCC3=O)cc2)N(C(=O)Nc2ccc(Cl)cc2)C1. The number of ether oxygens (including phenoxy) is 2. The number of likely N-dealkylation sites (tertiary alicyclic amines) is 1. The molecule has 180 valence electrons. The Morgan fingerprint density at radius 1 is 1.09 bits per heavy atom. The molecule has 0 radical (unpaired) electrons. The summed E-state index contributed by atoms with van der Waals surface area (Å²) in [4.78, 5) is 41.3. The van der Waals surface area contributed by atoms with Gasteiger partial charge in [0.1, 0.15) is 12.6 Å². The van der Waals surface area contributed by atoms with Crippen LogP contribution in [0.2, 0.25) is 5.02 Å². The highest BCUT2D eigenvalue weighted by Crippen LogP contribution is 2.25. The van der Waals surface area contributed by atoms with Crippen LogP contribution in [0.1, 0.15) is 13.3 Å². The lowest BCUT2D eigenvalue weighted by Gasteiger charge is -2.27. The second kappa shape index (κ2) is 10.9. The van der Waals surface area contributed by atoms with E-state index in [1.165, 1.54) is 4.90 Å². The Bertz CT molecular complexity index is 1030. The fourth-order valence-corrected chi connectivity index (χ4v) is 4.22. The summed E-state index contributed by atoms with van der Waals surface area (Å²) < 4.78 is 10.9. The van der Waals surface area contributed by atoms with Gasteiger partial charge >= 0.3 is 6.03 Å². The van der Waals surface area contributed by atoms with Crippen LogP contribution < -0.4 is 15.5 Å². The molecule has 2 aliphatic rings. The molecule has 2 aromatic rings. The molecule has 2 aliphatic heterocycles.